The lowest BCUT2D eigenvalue weighted by molar-refractivity contribution is -0.148. The first-order valence-corrected chi connectivity index (χ1v) is 12.5. The zero-order valence-corrected chi connectivity index (χ0v) is 20.6. The van der Waals surface area contributed by atoms with Crippen LogP contribution in [-0.2, 0) is 9.53 Å². The van der Waals surface area contributed by atoms with Gasteiger partial charge in [0.1, 0.15) is 6.10 Å². The fourth-order valence-corrected chi connectivity index (χ4v) is 3.01. The van der Waals surface area contributed by atoms with Crippen molar-refractivity contribution in [3.63, 3.8) is 0 Å². The normalized spacial score (nSPS) is 13.0. The molecule has 27 heavy (non-hydrogen) atoms. The van der Waals surface area contributed by atoms with Gasteiger partial charge in [0.25, 0.3) is 0 Å². The van der Waals surface area contributed by atoms with Gasteiger partial charge in [-0.25, -0.2) is 0 Å². The van der Waals surface area contributed by atoms with Crippen molar-refractivity contribution in [3.8, 4) is 0 Å². The van der Waals surface area contributed by atoms with E-state index in [0.717, 1.165) is 25.0 Å². The molecule has 0 aromatic rings. The topological polar surface area (TPSA) is 26.3 Å². The lowest BCUT2D eigenvalue weighted by Gasteiger charge is -2.18. The van der Waals surface area contributed by atoms with Gasteiger partial charge in [0.05, 0.1) is 5.25 Å². The molecule has 0 N–H and O–H groups in total. The number of hydrogen-bond acceptors (Lipinski definition) is 4. The van der Waals surface area contributed by atoms with E-state index in [4.69, 9.17) is 4.74 Å². The Morgan fingerprint density at radius 3 is 1.67 bits per heavy atom. The van der Waals surface area contributed by atoms with E-state index < -0.39 is 0 Å². The van der Waals surface area contributed by atoms with Crippen molar-refractivity contribution >= 4 is 31.2 Å². The van der Waals surface area contributed by atoms with Crippen LogP contribution in [-0.4, -0.2) is 23.1 Å². The molecular weight excluding hydrogens is 372 g/mol. The lowest BCUT2D eigenvalue weighted by Crippen LogP contribution is -2.23. The predicted molar refractivity (Wildman–Crippen MR) is 128 cm³/mol. The Hall–Kier alpha value is 0.170. The van der Waals surface area contributed by atoms with E-state index in [1.54, 1.807) is 6.92 Å². The third-order valence-corrected chi connectivity index (χ3v) is 5.18. The maximum Gasteiger partial charge on any atom is 0.318 e. The van der Waals surface area contributed by atoms with Gasteiger partial charge >= 0.3 is 5.97 Å². The van der Waals surface area contributed by atoms with Crippen molar-refractivity contribution in [1.82, 2.24) is 0 Å². The molecule has 0 spiro atoms. The molecule has 0 aromatic heterocycles. The Morgan fingerprint density at radius 1 is 0.815 bits per heavy atom. The maximum absolute atomic E-state index is 11.3. The molecule has 0 radical (unpaired) electrons. The van der Waals surface area contributed by atoms with Crippen LogP contribution in [0.5, 0.6) is 0 Å². The van der Waals surface area contributed by atoms with E-state index in [-0.39, 0.29) is 17.3 Å². The van der Waals surface area contributed by atoms with Gasteiger partial charge in [-0.1, -0.05) is 85.5 Å². The fourth-order valence-electron chi connectivity index (χ4n) is 2.73. The first-order valence-electron chi connectivity index (χ1n) is 11.4. The zero-order valence-electron chi connectivity index (χ0n) is 18.8. The second kappa shape index (κ2) is 22.5. The van der Waals surface area contributed by atoms with Gasteiger partial charge in [0.15, 0.2) is 0 Å². The minimum Gasteiger partial charge on any atom is -0.462 e. The molecule has 0 aromatic carbocycles. The summed E-state index contributed by atoms with van der Waals surface area (Å²) >= 11 is 8.24. The summed E-state index contributed by atoms with van der Waals surface area (Å²) in [7, 11) is 0. The number of unbranched alkanes of at least 4 members (excludes halogenated alkanes) is 9. The van der Waals surface area contributed by atoms with Gasteiger partial charge < -0.3 is 4.74 Å². The summed E-state index contributed by atoms with van der Waals surface area (Å²) in [5.74, 6) is 1.52. The van der Waals surface area contributed by atoms with Crippen LogP contribution in [0.1, 0.15) is 118 Å². The number of carbonyl (C=O) groups excluding carboxylic acids is 1. The average molecular weight is 421 g/mol. The molecule has 0 aliphatic carbocycles. The van der Waals surface area contributed by atoms with Crippen LogP contribution in [0.2, 0.25) is 0 Å². The first-order chi connectivity index (χ1) is 12.9. The Morgan fingerprint density at radius 2 is 1.30 bits per heavy atom. The molecule has 0 amide bonds. The second-order valence-electron chi connectivity index (χ2n) is 8.02. The van der Waals surface area contributed by atoms with Gasteiger partial charge in [-0.2, -0.15) is 25.3 Å². The van der Waals surface area contributed by atoms with Crippen molar-refractivity contribution < 1.29 is 9.53 Å². The quantitative estimate of drug-likeness (QED) is 0.151. The molecule has 4 heteroatoms. The Balaban J connectivity index is 0. The van der Waals surface area contributed by atoms with Crippen LogP contribution in [0.3, 0.4) is 0 Å². The molecule has 0 bridgehead atoms. The van der Waals surface area contributed by atoms with Gasteiger partial charge in [-0.05, 0) is 44.3 Å². The molecule has 2 nitrogen and oxygen atoms in total. The van der Waals surface area contributed by atoms with Crippen LogP contribution in [0.4, 0.5) is 0 Å². The lowest BCUT2D eigenvalue weighted by atomic mass is 10.0. The van der Waals surface area contributed by atoms with Crippen LogP contribution in [0.25, 0.3) is 0 Å². The molecule has 0 saturated heterocycles. The zero-order chi connectivity index (χ0) is 20.9. The van der Waals surface area contributed by atoms with Crippen LogP contribution in [0.15, 0.2) is 0 Å². The molecule has 0 fully saturated rings. The summed E-state index contributed by atoms with van der Waals surface area (Å²) < 4.78 is 5.30. The van der Waals surface area contributed by atoms with Gasteiger partial charge in [0, 0.05) is 0 Å². The molecule has 0 heterocycles. The standard InChI is InChI=1S/C12H26S.C11H22O2S/c1-2-3-4-5-6-7-8-9-10-11-12-13;1-5-10(7-6-8(2)3)13-11(12)9(4)14/h13H,2-12H2,1H3;8-10,14H,5-7H2,1-4H3. The maximum atomic E-state index is 11.3. The van der Waals surface area contributed by atoms with Crippen molar-refractivity contribution in [2.24, 2.45) is 5.92 Å². The Kier molecular flexibility index (Phi) is 24.4. The predicted octanol–water partition coefficient (Wildman–Crippen LogP) is 7.90. The molecule has 2 unspecified atom stereocenters. The molecule has 0 saturated carbocycles. The average Bonchev–Trinajstić information content (AvgIpc) is 2.64. The Bertz CT molecular complexity index is 297. The minimum absolute atomic E-state index is 0.0690. The number of thiol groups is 2. The smallest absolute Gasteiger partial charge is 0.318 e. The summed E-state index contributed by atoms with van der Waals surface area (Å²) in [6, 6.07) is 0. The van der Waals surface area contributed by atoms with E-state index in [1.165, 1.54) is 64.2 Å². The van der Waals surface area contributed by atoms with E-state index in [2.05, 4.69) is 46.0 Å². The van der Waals surface area contributed by atoms with E-state index in [9.17, 15) is 4.79 Å². The second-order valence-corrected chi connectivity index (χ2v) is 9.24. The van der Waals surface area contributed by atoms with Crippen LogP contribution in [0, 0.1) is 5.92 Å². The monoisotopic (exact) mass is 420 g/mol. The van der Waals surface area contributed by atoms with E-state index >= 15 is 0 Å². The number of carbonyl (C=O) groups is 1. The number of ether oxygens (including phenoxy) is 1. The molecule has 2 atom stereocenters. The first kappa shape index (κ1) is 29.4. The third-order valence-electron chi connectivity index (χ3n) is 4.66. The molecule has 0 aliphatic rings. The largest absolute Gasteiger partial charge is 0.462 e. The highest BCUT2D eigenvalue weighted by Gasteiger charge is 2.16. The van der Waals surface area contributed by atoms with Crippen LogP contribution >= 0.6 is 25.3 Å². The summed E-state index contributed by atoms with van der Waals surface area (Å²) in [6.45, 7) is 10.4. The Labute approximate surface area is 181 Å². The number of esters is 1. The highest BCUT2D eigenvalue weighted by molar-refractivity contribution is 7.81. The van der Waals surface area contributed by atoms with Gasteiger partial charge in [-0.15, -0.1) is 0 Å². The molecule has 164 valence electrons. The van der Waals surface area contributed by atoms with Gasteiger partial charge in [-0.3, -0.25) is 4.79 Å². The summed E-state index contributed by atoms with van der Waals surface area (Å²) in [6.07, 6.45) is 17.2. The van der Waals surface area contributed by atoms with Crippen molar-refractivity contribution in [2.75, 3.05) is 5.75 Å². The fraction of sp³-hybridized carbons (Fsp3) is 0.957. The third kappa shape index (κ3) is 24.1. The molecular formula is C23H48O2S2. The van der Waals surface area contributed by atoms with Crippen molar-refractivity contribution in [1.29, 1.82) is 0 Å². The summed E-state index contributed by atoms with van der Waals surface area (Å²) in [5.41, 5.74) is 0. The van der Waals surface area contributed by atoms with Gasteiger partial charge in [0.2, 0.25) is 0 Å². The highest BCUT2D eigenvalue weighted by atomic mass is 32.1. The summed E-state index contributed by atoms with van der Waals surface area (Å²) in [5, 5.41) is -0.317. The van der Waals surface area contributed by atoms with E-state index in [0.29, 0.717) is 5.92 Å². The number of rotatable bonds is 16. The molecule has 0 aliphatic heterocycles. The van der Waals surface area contributed by atoms with E-state index in [1.807, 2.05) is 6.92 Å². The minimum atomic E-state index is -0.317. The van der Waals surface area contributed by atoms with Crippen molar-refractivity contribution in [3.05, 3.63) is 0 Å². The summed E-state index contributed by atoms with van der Waals surface area (Å²) in [4.78, 5) is 11.3. The van der Waals surface area contributed by atoms with Crippen LogP contribution < -0.4 is 0 Å². The highest BCUT2D eigenvalue weighted by Crippen LogP contribution is 2.14. The SMILES string of the molecule is CCC(CCC(C)C)OC(=O)C(C)S.CCCCCCCCCCCCS. The molecule has 0 rings (SSSR count). The van der Waals surface area contributed by atoms with Crippen molar-refractivity contribution in [2.45, 2.75) is 129 Å². The number of hydrogen-bond donors (Lipinski definition) is 2.